The highest BCUT2D eigenvalue weighted by Crippen LogP contribution is 2.39. The van der Waals surface area contributed by atoms with Crippen molar-refractivity contribution < 1.29 is 33.4 Å². The smallest absolute Gasteiger partial charge is 0.248 e. The number of amides is 4. The number of carbonyl (C=O) groups excluding carboxylic acids is 4. The molecule has 1 unspecified atom stereocenters. The molecule has 0 saturated carbocycles. The Morgan fingerprint density at radius 2 is 1.68 bits per heavy atom. The number of benzene rings is 2. The Morgan fingerprint density at radius 3 is 2.45 bits per heavy atom. The Labute approximate surface area is 329 Å². The van der Waals surface area contributed by atoms with Crippen molar-refractivity contribution in [2.45, 2.75) is 58.5 Å². The van der Waals surface area contributed by atoms with Gasteiger partial charge < -0.3 is 40.0 Å². The van der Waals surface area contributed by atoms with E-state index in [2.05, 4.69) is 20.9 Å². The molecule has 3 heterocycles. The minimum absolute atomic E-state index is 0.00954. The SMILES string of the molecule is CCC1(C(=O)N(CC(=O)Nc2ccc3c(c2)CC([C@@H]2Cc4cccnc4NC2=O)C3)Cc2ccccc2CNC)CCN(C(=O)COCCOCCOC)CC1. The number of methoxy groups -OCH3 is 1. The van der Waals surface area contributed by atoms with Gasteiger partial charge in [0.1, 0.15) is 19.0 Å². The van der Waals surface area contributed by atoms with E-state index >= 15 is 0 Å². The van der Waals surface area contributed by atoms with Gasteiger partial charge in [-0.3, -0.25) is 19.2 Å². The van der Waals surface area contributed by atoms with Crippen LogP contribution < -0.4 is 16.0 Å². The summed E-state index contributed by atoms with van der Waals surface area (Å²) in [4.78, 5) is 62.4. The van der Waals surface area contributed by atoms with Crippen molar-refractivity contribution in [1.82, 2.24) is 20.1 Å². The molecule has 56 heavy (non-hydrogen) atoms. The molecule has 3 aliphatic rings. The molecule has 0 bridgehead atoms. The predicted octanol–water partition coefficient (Wildman–Crippen LogP) is 3.99. The van der Waals surface area contributed by atoms with Gasteiger partial charge in [0.15, 0.2) is 0 Å². The lowest BCUT2D eigenvalue weighted by molar-refractivity contribution is -0.151. The van der Waals surface area contributed by atoms with Crippen molar-refractivity contribution in [1.29, 1.82) is 0 Å². The standard InChI is InChI=1S/C43H56N6O7/c1-4-43(13-16-48(17-14-43)39(51)29-56-21-20-55-19-18-54-3)42(53)49(27-33-9-6-5-8-32(33)26-44-2)28-38(50)46-36-12-11-30-22-35(23-34(30)24-36)37-25-31-10-7-15-45-40(31)47-41(37)52/h5-12,15,24,35,37,44H,4,13-14,16-23,25-29H2,1-3H3,(H,46,50)(H,45,47,52)/t35?,37-/m0/s1. The van der Waals surface area contributed by atoms with Crippen LogP contribution in [0.3, 0.4) is 0 Å². The molecule has 13 nitrogen and oxygen atoms in total. The van der Waals surface area contributed by atoms with Crippen molar-refractivity contribution in [3.8, 4) is 0 Å². The molecule has 1 aliphatic carbocycles. The van der Waals surface area contributed by atoms with Gasteiger partial charge in [-0.15, -0.1) is 0 Å². The van der Waals surface area contributed by atoms with Crippen LogP contribution in [0.4, 0.5) is 11.5 Å². The Bertz CT molecular complexity index is 1840. The first-order valence-electron chi connectivity index (χ1n) is 19.8. The van der Waals surface area contributed by atoms with Gasteiger partial charge >= 0.3 is 0 Å². The molecule has 300 valence electrons. The lowest BCUT2D eigenvalue weighted by Crippen LogP contribution is -2.52. The molecule has 1 fully saturated rings. The second-order valence-electron chi connectivity index (χ2n) is 15.1. The average molecular weight is 769 g/mol. The molecule has 6 rings (SSSR count). The van der Waals surface area contributed by atoms with E-state index in [-0.39, 0.29) is 55.2 Å². The fourth-order valence-corrected chi connectivity index (χ4v) is 8.35. The van der Waals surface area contributed by atoms with Gasteiger partial charge in [-0.2, -0.15) is 0 Å². The number of rotatable bonds is 18. The topological polar surface area (TPSA) is 151 Å². The molecule has 0 spiro atoms. The molecule has 13 heteroatoms. The number of hydrogen-bond acceptors (Lipinski definition) is 9. The number of nitrogens with one attached hydrogen (secondary N) is 3. The number of fused-ring (bicyclic) bond motifs is 2. The van der Waals surface area contributed by atoms with Crippen LogP contribution in [0.15, 0.2) is 60.8 Å². The average Bonchev–Trinajstić information content (AvgIpc) is 3.63. The summed E-state index contributed by atoms with van der Waals surface area (Å²) in [5, 5.41) is 9.28. The first-order valence-corrected chi connectivity index (χ1v) is 19.8. The van der Waals surface area contributed by atoms with E-state index in [9.17, 15) is 19.2 Å². The van der Waals surface area contributed by atoms with Crippen LogP contribution in [-0.4, -0.2) is 105 Å². The second-order valence-corrected chi connectivity index (χ2v) is 15.1. The summed E-state index contributed by atoms with van der Waals surface area (Å²) < 4.78 is 15.9. The van der Waals surface area contributed by atoms with Gasteiger partial charge in [-0.25, -0.2) is 4.98 Å². The lowest BCUT2D eigenvalue weighted by Gasteiger charge is -2.43. The third kappa shape index (κ3) is 9.99. The second kappa shape index (κ2) is 19.4. The van der Waals surface area contributed by atoms with Crippen molar-refractivity contribution in [3.05, 3.63) is 88.6 Å². The van der Waals surface area contributed by atoms with Crippen molar-refractivity contribution in [2.24, 2.45) is 17.3 Å². The van der Waals surface area contributed by atoms with Gasteiger partial charge in [0.25, 0.3) is 0 Å². The summed E-state index contributed by atoms with van der Waals surface area (Å²) >= 11 is 0. The monoisotopic (exact) mass is 768 g/mol. The van der Waals surface area contributed by atoms with Crippen LogP contribution in [0.1, 0.15) is 54.0 Å². The minimum atomic E-state index is -0.713. The zero-order valence-electron chi connectivity index (χ0n) is 32.9. The fraction of sp³-hybridized carbons (Fsp3) is 0.512. The molecule has 0 radical (unpaired) electrons. The molecule has 3 aromatic rings. The molecule has 2 aliphatic heterocycles. The molecule has 1 aromatic heterocycles. The molecular formula is C43H56N6O7. The first kappa shape index (κ1) is 41.0. The molecule has 2 atom stereocenters. The van der Waals surface area contributed by atoms with E-state index in [1.807, 2.05) is 68.6 Å². The Morgan fingerprint density at radius 1 is 0.929 bits per heavy atom. The maximum Gasteiger partial charge on any atom is 0.248 e. The van der Waals surface area contributed by atoms with E-state index in [4.69, 9.17) is 14.2 Å². The normalized spacial score (nSPS) is 18.5. The number of aromatic nitrogens is 1. The van der Waals surface area contributed by atoms with Gasteiger partial charge in [0.2, 0.25) is 23.6 Å². The number of anilines is 2. The van der Waals surface area contributed by atoms with Crippen LogP contribution in [0.2, 0.25) is 0 Å². The minimum Gasteiger partial charge on any atom is -0.382 e. The van der Waals surface area contributed by atoms with E-state index in [1.165, 1.54) is 5.56 Å². The van der Waals surface area contributed by atoms with E-state index in [0.29, 0.717) is 83.3 Å². The zero-order valence-corrected chi connectivity index (χ0v) is 32.9. The predicted molar refractivity (Wildman–Crippen MR) is 213 cm³/mol. The molecule has 4 amide bonds. The molecule has 3 N–H and O–H groups in total. The summed E-state index contributed by atoms with van der Waals surface area (Å²) in [5.41, 5.74) is 5.35. The van der Waals surface area contributed by atoms with Gasteiger partial charge in [0, 0.05) is 51.1 Å². The van der Waals surface area contributed by atoms with Crippen molar-refractivity contribution in [3.63, 3.8) is 0 Å². The third-order valence-corrected chi connectivity index (χ3v) is 11.6. The summed E-state index contributed by atoms with van der Waals surface area (Å²) in [7, 11) is 3.50. The van der Waals surface area contributed by atoms with Crippen LogP contribution in [0, 0.1) is 17.3 Å². The zero-order chi connectivity index (χ0) is 39.5. The Balaban J connectivity index is 1.10. The number of pyridine rings is 1. The number of hydrogen-bond donors (Lipinski definition) is 3. The number of carbonyl (C=O) groups is 4. The highest BCUT2D eigenvalue weighted by Gasteiger charge is 2.43. The highest BCUT2D eigenvalue weighted by molar-refractivity contribution is 5.96. The van der Waals surface area contributed by atoms with E-state index in [1.54, 1.807) is 23.1 Å². The Kier molecular flexibility index (Phi) is 14.2. The molecular weight excluding hydrogens is 713 g/mol. The van der Waals surface area contributed by atoms with Gasteiger partial charge in [-0.05, 0) is 97.5 Å². The van der Waals surface area contributed by atoms with Gasteiger partial charge in [0.05, 0.1) is 31.8 Å². The third-order valence-electron chi connectivity index (χ3n) is 11.6. The lowest BCUT2D eigenvalue weighted by atomic mass is 9.74. The van der Waals surface area contributed by atoms with Crippen LogP contribution in [-0.2, 0) is 65.7 Å². The molecule has 2 aromatic carbocycles. The number of nitrogens with zero attached hydrogens (tertiary/aromatic N) is 3. The largest absolute Gasteiger partial charge is 0.382 e. The van der Waals surface area contributed by atoms with E-state index in [0.717, 1.165) is 35.1 Å². The quantitative estimate of drug-likeness (QED) is 0.163. The van der Waals surface area contributed by atoms with Crippen molar-refractivity contribution >= 4 is 35.1 Å². The Hall–Kier alpha value is -4.69. The van der Waals surface area contributed by atoms with Crippen molar-refractivity contribution in [2.75, 3.05) is 77.5 Å². The van der Waals surface area contributed by atoms with Gasteiger partial charge in [-0.1, -0.05) is 43.3 Å². The first-order chi connectivity index (χ1) is 27.2. The maximum absolute atomic E-state index is 14.7. The number of likely N-dealkylation sites (tertiary alicyclic amines) is 1. The van der Waals surface area contributed by atoms with E-state index < -0.39 is 5.41 Å². The summed E-state index contributed by atoms with van der Waals surface area (Å²) in [6.07, 6.45) is 5.48. The summed E-state index contributed by atoms with van der Waals surface area (Å²) in [5.74, 6) is 0.192. The maximum atomic E-state index is 14.7. The highest BCUT2D eigenvalue weighted by atomic mass is 16.5. The number of piperidine rings is 1. The summed E-state index contributed by atoms with van der Waals surface area (Å²) in [6.45, 7) is 5.30. The summed E-state index contributed by atoms with van der Waals surface area (Å²) in [6, 6.07) is 17.9. The van der Waals surface area contributed by atoms with Crippen LogP contribution in [0.5, 0.6) is 0 Å². The number of ether oxygens (including phenoxy) is 3. The fourth-order valence-electron chi connectivity index (χ4n) is 8.35. The molecule has 1 saturated heterocycles. The van der Waals surface area contributed by atoms with Crippen LogP contribution >= 0.6 is 0 Å². The van der Waals surface area contributed by atoms with Crippen LogP contribution in [0.25, 0.3) is 0 Å².